The fourth-order valence-corrected chi connectivity index (χ4v) is 2.83. The molecule has 5 nitrogen and oxygen atoms in total. The third kappa shape index (κ3) is 3.20. The summed E-state index contributed by atoms with van der Waals surface area (Å²) < 4.78 is 5.87. The highest BCUT2D eigenvalue weighted by Gasteiger charge is 2.40. The summed E-state index contributed by atoms with van der Waals surface area (Å²) >= 11 is 0. The second kappa shape index (κ2) is 5.95. The monoisotopic (exact) mass is 276 g/mol. The zero-order chi connectivity index (χ0) is 13.9. The van der Waals surface area contributed by atoms with Gasteiger partial charge in [-0.15, -0.1) is 0 Å². The molecule has 2 unspecified atom stereocenters. The van der Waals surface area contributed by atoms with Gasteiger partial charge in [0, 0.05) is 19.2 Å². The zero-order valence-electron chi connectivity index (χ0n) is 12.4. The van der Waals surface area contributed by atoms with Crippen molar-refractivity contribution in [1.29, 1.82) is 0 Å². The van der Waals surface area contributed by atoms with E-state index in [0.29, 0.717) is 12.1 Å². The van der Waals surface area contributed by atoms with E-state index in [2.05, 4.69) is 27.5 Å². The summed E-state index contributed by atoms with van der Waals surface area (Å²) in [4.78, 5) is 8.92. The lowest BCUT2D eigenvalue weighted by Crippen LogP contribution is -2.31. The Hall–Kier alpha value is -1.36. The highest BCUT2D eigenvalue weighted by Crippen LogP contribution is 2.39. The van der Waals surface area contributed by atoms with Crippen LogP contribution in [0.3, 0.4) is 0 Å². The van der Waals surface area contributed by atoms with E-state index in [1.807, 2.05) is 13.0 Å². The first-order valence-corrected chi connectivity index (χ1v) is 7.74. The molecule has 0 aromatic carbocycles. The molecule has 1 saturated carbocycles. The topological polar surface area (TPSA) is 59.1 Å². The van der Waals surface area contributed by atoms with Gasteiger partial charge in [0.05, 0.1) is 12.1 Å². The minimum Gasteiger partial charge on any atom is -0.376 e. The Bertz CT molecular complexity index is 461. The Kier molecular flexibility index (Phi) is 4.05. The molecule has 2 atom stereocenters. The molecular weight excluding hydrogens is 252 g/mol. The first kappa shape index (κ1) is 13.6. The predicted molar refractivity (Wildman–Crippen MR) is 80.0 cm³/mol. The molecule has 1 saturated heterocycles. The second-order valence-corrected chi connectivity index (χ2v) is 5.82. The molecule has 1 aliphatic carbocycles. The van der Waals surface area contributed by atoms with Gasteiger partial charge in [-0.1, -0.05) is 6.92 Å². The number of rotatable bonds is 6. The molecule has 2 aliphatic rings. The largest absolute Gasteiger partial charge is 0.376 e. The summed E-state index contributed by atoms with van der Waals surface area (Å²) in [6.45, 7) is 5.89. The summed E-state index contributed by atoms with van der Waals surface area (Å²) in [5.74, 6) is 3.38. The van der Waals surface area contributed by atoms with E-state index in [1.54, 1.807) is 0 Å². The van der Waals surface area contributed by atoms with Crippen LogP contribution >= 0.6 is 0 Å². The predicted octanol–water partition coefficient (Wildman–Crippen LogP) is 2.59. The summed E-state index contributed by atoms with van der Waals surface area (Å²) in [6, 6.07) is 2.40. The zero-order valence-corrected chi connectivity index (χ0v) is 12.4. The number of nitrogens with zero attached hydrogens (tertiary/aromatic N) is 2. The number of anilines is 2. The SMILES string of the molecule is CCCNc1cc(NC2CCOC2C2CC2)nc(C)n1. The molecule has 1 aromatic heterocycles. The van der Waals surface area contributed by atoms with Gasteiger partial charge in [0.25, 0.3) is 0 Å². The average Bonchev–Trinajstić information content (AvgIpc) is 3.17. The number of hydrogen-bond donors (Lipinski definition) is 2. The minimum atomic E-state index is 0.373. The van der Waals surface area contributed by atoms with Crippen LogP contribution in [-0.4, -0.2) is 35.3 Å². The first-order valence-electron chi connectivity index (χ1n) is 7.74. The van der Waals surface area contributed by atoms with Crippen molar-refractivity contribution in [3.63, 3.8) is 0 Å². The Labute approximate surface area is 120 Å². The molecule has 110 valence electrons. The smallest absolute Gasteiger partial charge is 0.132 e. The Morgan fingerprint density at radius 3 is 2.80 bits per heavy atom. The fraction of sp³-hybridized carbons (Fsp3) is 0.733. The van der Waals surface area contributed by atoms with Crippen LogP contribution in [0.4, 0.5) is 11.6 Å². The van der Waals surface area contributed by atoms with Crippen LogP contribution < -0.4 is 10.6 Å². The maximum absolute atomic E-state index is 5.87. The van der Waals surface area contributed by atoms with Gasteiger partial charge in [-0.2, -0.15) is 0 Å². The number of ether oxygens (including phenoxy) is 1. The maximum Gasteiger partial charge on any atom is 0.132 e. The van der Waals surface area contributed by atoms with Crippen molar-refractivity contribution in [2.45, 2.75) is 51.7 Å². The van der Waals surface area contributed by atoms with Gasteiger partial charge in [-0.05, 0) is 38.5 Å². The molecule has 0 amide bonds. The van der Waals surface area contributed by atoms with E-state index in [4.69, 9.17) is 4.74 Å². The summed E-state index contributed by atoms with van der Waals surface area (Å²) in [7, 11) is 0. The molecule has 3 rings (SSSR count). The van der Waals surface area contributed by atoms with E-state index in [-0.39, 0.29) is 0 Å². The molecule has 2 heterocycles. The normalized spacial score (nSPS) is 25.7. The maximum atomic E-state index is 5.87. The molecule has 1 aromatic rings. The van der Waals surface area contributed by atoms with Gasteiger partial charge in [-0.25, -0.2) is 9.97 Å². The van der Waals surface area contributed by atoms with E-state index >= 15 is 0 Å². The molecule has 2 N–H and O–H groups in total. The van der Waals surface area contributed by atoms with Gasteiger partial charge in [0.1, 0.15) is 17.5 Å². The Balaban J connectivity index is 1.68. The third-order valence-electron chi connectivity index (χ3n) is 3.95. The van der Waals surface area contributed by atoms with Crippen LogP contribution in [0.5, 0.6) is 0 Å². The van der Waals surface area contributed by atoms with E-state index in [1.165, 1.54) is 12.8 Å². The van der Waals surface area contributed by atoms with E-state index < -0.39 is 0 Å². The van der Waals surface area contributed by atoms with Gasteiger partial charge in [0.2, 0.25) is 0 Å². The number of nitrogens with one attached hydrogen (secondary N) is 2. The van der Waals surface area contributed by atoms with Gasteiger partial charge in [-0.3, -0.25) is 0 Å². The summed E-state index contributed by atoms with van der Waals surface area (Å²) in [5, 5.41) is 6.88. The van der Waals surface area contributed by atoms with Crippen LogP contribution in [0.25, 0.3) is 0 Å². The van der Waals surface area contributed by atoms with Gasteiger partial charge < -0.3 is 15.4 Å². The molecule has 0 radical (unpaired) electrons. The van der Waals surface area contributed by atoms with Gasteiger partial charge >= 0.3 is 0 Å². The average molecular weight is 276 g/mol. The van der Waals surface area contributed by atoms with Crippen LogP contribution in [0, 0.1) is 12.8 Å². The highest BCUT2D eigenvalue weighted by atomic mass is 16.5. The lowest BCUT2D eigenvalue weighted by atomic mass is 10.1. The van der Waals surface area contributed by atoms with Crippen molar-refractivity contribution in [3.05, 3.63) is 11.9 Å². The van der Waals surface area contributed by atoms with Crippen molar-refractivity contribution in [2.24, 2.45) is 5.92 Å². The van der Waals surface area contributed by atoms with Crippen molar-refractivity contribution < 1.29 is 4.74 Å². The number of aryl methyl sites for hydroxylation is 1. The van der Waals surface area contributed by atoms with Crippen LogP contribution in [0.15, 0.2) is 6.07 Å². The minimum absolute atomic E-state index is 0.373. The number of hydrogen-bond acceptors (Lipinski definition) is 5. The quantitative estimate of drug-likeness (QED) is 0.836. The third-order valence-corrected chi connectivity index (χ3v) is 3.95. The second-order valence-electron chi connectivity index (χ2n) is 5.82. The molecule has 5 heteroatoms. The van der Waals surface area contributed by atoms with Crippen LogP contribution in [0.1, 0.15) is 38.4 Å². The Morgan fingerprint density at radius 1 is 1.25 bits per heavy atom. The van der Waals surface area contributed by atoms with E-state index in [0.717, 1.165) is 49.4 Å². The standard InChI is InChI=1S/C15H24N4O/c1-3-7-16-13-9-14(18-10(2)17-13)19-12-6-8-20-15(12)11-4-5-11/h9,11-12,15H,3-8H2,1-2H3,(H2,16,17,18,19). The molecule has 1 aliphatic heterocycles. The highest BCUT2D eigenvalue weighted by molar-refractivity contribution is 5.48. The number of aromatic nitrogens is 2. The lowest BCUT2D eigenvalue weighted by molar-refractivity contribution is 0.0898. The van der Waals surface area contributed by atoms with Crippen molar-refractivity contribution in [3.8, 4) is 0 Å². The van der Waals surface area contributed by atoms with Crippen LogP contribution in [0.2, 0.25) is 0 Å². The fourth-order valence-electron chi connectivity index (χ4n) is 2.83. The first-order chi connectivity index (χ1) is 9.76. The summed E-state index contributed by atoms with van der Waals surface area (Å²) in [5.41, 5.74) is 0. The summed E-state index contributed by atoms with van der Waals surface area (Å²) in [6.07, 6.45) is 5.16. The molecular formula is C15H24N4O. The van der Waals surface area contributed by atoms with Crippen molar-refractivity contribution in [1.82, 2.24) is 9.97 Å². The molecule has 2 fully saturated rings. The lowest BCUT2D eigenvalue weighted by Gasteiger charge is -2.20. The molecule has 20 heavy (non-hydrogen) atoms. The van der Waals surface area contributed by atoms with E-state index in [9.17, 15) is 0 Å². The van der Waals surface area contributed by atoms with Crippen molar-refractivity contribution >= 4 is 11.6 Å². The van der Waals surface area contributed by atoms with Crippen molar-refractivity contribution in [2.75, 3.05) is 23.8 Å². The molecule has 0 bridgehead atoms. The van der Waals surface area contributed by atoms with Crippen LogP contribution in [-0.2, 0) is 4.74 Å². The van der Waals surface area contributed by atoms with Gasteiger partial charge in [0.15, 0.2) is 0 Å². The molecule has 0 spiro atoms. The Morgan fingerprint density at radius 2 is 2.05 bits per heavy atom.